The van der Waals surface area contributed by atoms with Gasteiger partial charge in [-0.25, -0.2) is 0 Å². The van der Waals surface area contributed by atoms with Gasteiger partial charge in [-0.3, -0.25) is 19.7 Å². The zero-order valence-corrected chi connectivity index (χ0v) is 16.1. The zero-order valence-electron chi connectivity index (χ0n) is 16.1. The van der Waals surface area contributed by atoms with E-state index in [0.717, 1.165) is 11.1 Å². The summed E-state index contributed by atoms with van der Waals surface area (Å²) in [7, 11) is 0. The molecule has 0 saturated carbocycles. The van der Waals surface area contributed by atoms with E-state index in [1.807, 2.05) is 32.9 Å². The van der Waals surface area contributed by atoms with Crippen LogP contribution < -0.4 is 10.2 Å². The summed E-state index contributed by atoms with van der Waals surface area (Å²) < 4.78 is 0. The minimum absolute atomic E-state index is 0.0526. The lowest BCUT2D eigenvalue weighted by Crippen LogP contribution is -2.51. The van der Waals surface area contributed by atoms with Gasteiger partial charge in [0, 0.05) is 24.2 Å². The van der Waals surface area contributed by atoms with Crippen LogP contribution in [0.25, 0.3) is 0 Å². The number of nitro benzene ring substituents is 1. The summed E-state index contributed by atoms with van der Waals surface area (Å²) in [6, 6.07) is 11.0. The molecule has 2 aromatic carbocycles. The monoisotopic (exact) mass is 381 g/mol. The minimum Gasteiger partial charge on any atom is -0.340 e. The van der Waals surface area contributed by atoms with E-state index in [-0.39, 0.29) is 23.4 Å². The quantitative estimate of drug-likeness (QED) is 0.636. The van der Waals surface area contributed by atoms with Crippen LogP contribution in [0.2, 0.25) is 0 Å². The van der Waals surface area contributed by atoms with Crippen LogP contribution in [-0.4, -0.2) is 29.3 Å². The lowest BCUT2D eigenvalue weighted by Gasteiger charge is -2.27. The van der Waals surface area contributed by atoms with Crippen molar-refractivity contribution in [3.05, 3.63) is 69.3 Å². The first kappa shape index (κ1) is 19.5. The molecule has 0 aromatic heterocycles. The summed E-state index contributed by atoms with van der Waals surface area (Å²) in [5, 5.41) is 13.9. The molecule has 0 radical (unpaired) electrons. The highest BCUT2D eigenvalue weighted by molar-refractivity contribution is 6.03. The predicted molar refractivity (Wildman–Crippen MR) is 106 cm³/mol. The summed E-state index contributed by atoms with van der Waals surface area (Å²) in [6.45, 7) is 6.11. The number of rotatable bonds is 5. The second kappa shape index (κ2) is 7.80. The number of nitro groups is 1. The van der Waals surface area contributed by atoms with Crippen LogP contribution in [0.1, 0.15) is 35.3 Å². The van der Waals surface area contributed by atoms with Gasteiger partial charge in [0.15, 0.2) is 0 Å². The molecule has 0 spiro atoms. The molecule has 2 aromatic rings. The molecule has 1 aliphatic heterocycles. The van der Waals surface area contributed by atoms with Gasteiger partial charge < -0.3 is 10.2 Å². The third-order valence-electron chi connectivity index (χ3n) is 4.97. The van der Waals surface area contributed by atoms with Crippen molar-refractivity contribution < 1.29 is 14.5 Å². The molecule has 0 fully saturated rings. The summed E-state index contributed by atoms with van der Waals surface area (Å²) >= 11 is 0. The molecular weight excluding hydrogens is 358 g/mol. The fourth-order valence-electron chi connectivity index (χ4n) is 3.32. The van der Waals surface area contributed by atoms with E-state index >= 15 is 0 Å². The number of fused-ring (bicyclic) bond motifs is 1. The maximum atomic E-state index is 13.2. The van der Waals surface area contributed by atoms with Crippen molar-refractivity contribution in [3.63, 3.8) is 0 Å². The number of hydrogen-bond acceptors (Lipinski definition) is 4. The molecule has 0 saturated heterocycles. The average Bonchev–Trinajstić information content (AvgIpc) is 3.08. The van der Waals surface area contributed by atoms with Gasteiger partial charge in [-0.2, -0.15) is 0 Å². The first-order valence-corrected chi connectivity index (χ1v) is 9.24. The van der Waals surface area contributed by atoms with Gasteiger partial charge in [0.1, 0.15) is 6.04 Å². The summed E-state index contributed by atoms with van der Waals surface area (Å²) in [5.74, 6) is -0.704. The van der Waals surface area contributed by atoms with Crippen molar-refractivity contribution in [1.82, 2.24) is 5.32 Å². The van der Waals surface area contributed by atoms with E-state index in [4.69, 9.17) is 0 Å². The number of hydrogen-bond donors (Lipinski definition) is 1. The molecule has 1 N–H and O–H groups in total. The van der Waals surface area contributed by atoms with Crippen LogP contribution >= 0.6 is 0 Å². The molecule has 1 atom stereocenters. The van der Waals surface area contributed by atoms with Crippen molar-refractivity contribution in [3.8, 4) is 0 Å². The Morgan fingerprint density at radius 1 is 1.14 bits per heavy atom. The summed E-state index contributed by atoms with van der Waals surface area (Å²) in [5.41, 5.74) is 2.92. The molecular formula is C21H23N3O4. The molecule has 3 rings (SSSR count). The molecule has 0 bridgehead atoms. The first-order valence-electron chi connectivity index (χ1n) is 9.24. The molecule has 28 heavy (non-hydrogen) atoms. The number of anilines is 1. The fourth-order valence-corrected chi connectivity index (χ4v) is 3.32. The van der Waals surface area contributed by atoms with Crippen molar-refractivity contribution in [2.24, 2.45) is 5.92 Å². The van der Waals surface area contributed by atoms with Crippen molar-refractivity contribution in [2.75, 3.05) is 11.4 Å². The Hall–Kier alpha value is -3.22. The Balaban J connectivity index is 1.83. The smallest absolute Gasteiger partial charge is 0.271 e. The average molecular weight is 381 g/mol. The number of benzene rings is 2. The van der Waals surface area contributed by atoms with Crippen LogP contribution in [0.4, 0.5) is 11.4 Å². The van der Waals surface area contributed by atoms with Crippen LogP contribution in [0.5, 0.6) is 0 Å². The lowest BCUT2D eigenvalue weighted by molar-refractivity contribution is -0.384. The molecule has 146 valence electrons. The molecule has 0 unspecified atom stereocenters. The van der Waals surface area contributed by atoms with Gasteiger partial charge in [-0.15, -0.1) is 0 Å². The van der Waals surface area contributed by atoms with Gasteiger partial charge in [-0.1, -0.05) is 37.6 Å². The number of carbonyl (C=O) groups is 2. The van der Waals surface area contributed by atoms with Gasteiger partial charge in [0.2, 0.25) is 5.91 Å². The Kier molecular flexibility index (Phi) is 5.44. The van der Waals surface area contributed by atoms with E-state index in [1.165, 1.54) is 12.1 Å². The van der Waals surface area contributed by atoms with E-state index in [9.17, 15) is 19.7 Å². The highest BCUT2D eigenvalue weighted by Crippen LogP contribution is 2.32. The third-order valence-corrected chi connectivity index (χ3v) is 4.97. The normalized spacial score (nSPS) is 13.9. The fraction of sp³-hybridized carbons (Fsp3) is 0.333. The number of non-ortho nitro benzene ring substituents is 1. The Bertz CT molecular complexity index is 922. The Labute approximate surface area is 163 Å². The van der Waals surface area contributed by atoms with Crippen LogP contribution in [-0.2, 0) is 11.2 Å². The van der Waals surface area contributed by atoms with Crippen LogP contribution in [0.15, 0.2) is 42.5 Å². The number of amides is 2. The molecule has 0 aliphatic carbocycles. The van der Waals surface area contributed by atoms with Crippen molar-refractivity contribution >= 4 is 23.2 Å². The molecule has 7 nitrogen and oxygen atoms in total. The number of nitrogens with one attached hydrogen (secondary N) is 1. The Morgan fingerprint density at radius 3 is 2.43 bits per heavy atom. The number of nitrogens with zero attached hydrogens (tertiary/aromatic N) is 2. The maximum absolute atomic E-state index is 13.2. The standard InChI is InChI=1S/C21H23N3O4/c1-13(2)19(22-20(25)16-6-4-14(3)5-7-16)21(26)23-11-10-15-8-9-17(24(27)28)12-18(15)23/h4-9,12-13,19H,10-11H2,1-3H3,(H,22,25)/t19-/m0/s1. The highest BCUT2D eigenvalue weighted by atomic mass is 16.6. The van der Waals surface area contributed by atoms with Gasteiger partial charge in [0.05, 0.1) is 10.6 Å². The lowest BCUT2D eigenvalue weighted by atomic mass is 10.0. The topological polar surface area (TPSA) is 92.6 Å². The third kappa shape index (κ3) is 3.88. The summed E-state index contributed by atoms with van der Waals surface area (Å²) in [4.78, 5) is 38.0. The molecule has 7 heteroatoms. The molecule has 2 amide bonds. The van der Waals surface area contributed by atoms with Crippen LogP contribution in [0, 0.1) is 23.0 Å². The molecule has 1 heterocycles. The molecule has 1 aliphatic rings. The van der Waals surface area contributed by atoms with Crippen molar-refractivity contribution in [1.29, 1.82) is 0 Å². The number of carbonyl (C=O) groups excluding carboxylic acids is 2. The number of aryl methyl sites for hydroxylation is 1. The van der Waals surface area contributed by atoms with E-state index in [2.05, 4.69) is 5.32 Å². The Morgan fingerprint density at radius 2 is 1.82 bits per heavy atom. The maximum Gasteiger partial charge on any atom is 0.271 e. The van der Waals surface area contributed by atoms with E-state index < -0.39 is 11.0 Å². The highest BCUT2D eigenvalue weighted by Gasteiger charge is 2.34. The van der Waals surface area contributed by atoms with Gasteiger partial charge >= 0.3 is 0 Å². The zero-order chi connectivity index (χ0) is 20.4. The second-order valence-corrected chi connectivity index (χ2v) is 7.37. The first-order chi connectivity index (χ1) is 13.3. The van der Waals surface area contributed by atoms with Gasteiger partial charge in [-0.05, 0) is 37.0 Å². The predicted octanol–water partition coefficient (Wildman–Crippen LogP) is 3.25. The summed E-state index contributed by atoms with van der Waals surface area (Å²) in [6.07, 6.45) is 0.635. The van der Waals surface area contributed by atoms with Crippen LogP contribution in [0.3, 0.4) is 0 Å². The van der Waals surface area contributed by atoms with E-state index in [1.54, 1.807) is 23.1 Å². The van der Waals surface area contributed by atoms with Crippen molar-refractivity contribution in [2.45, 2.75) is 33.2 Å². The van der Waals surface area contributed by atoms with Gasteiger partial charge in [0.25, 0.3) is 11.6 Å². The SMILES string of the molecule is Cc1ccc(C(=O)N[C@H](C(=O)N2CCc3ccc([N+](=O)[O-])cc32)C(C)C)cc1. The largest absolute Gasteiger partial charge is 0.340 e. The van der Waals surface area contributed by atoms with E-state index in [0.29, 0.717) is 24.2 Å². The second-order valence-electron chi connectivity index (χ2n) is 7.37. The minimum atomic E-state index is -0.723.